The lowest BCUT2D eigenvalue weighted by Crippen LogP contribution is -2.08. The summed E-state index contributed by atoms with van der Waals surface area (Å²) in [6.07, 6.45) is 4.47. The lowest BCUT2D eigenvalue weighted by Gasteiger charge is -2.00. The number of pyridine rings is 1. The molecule has 0 saturated heterocycles. The highest BCUT2D eigenvalue weighted by Crippen LogP contribution is 2.10. The van der Waals surface area contributed by atoms with Gasteiger partial charge in [-0.25, -0.2) is 4.98 Å². The molecule has 0 atom stereocenters. The Kier molecular flexibility index (Phi) is 4.48. The van der Waals surface area contributed by atoms with E-state index in [1.165, 1.54) is 12.3 Å². The molecular formula is C15H10ClN3O. The van der Waals surface area contributed by atoms with Gasteiger partial charge in [-0.1, -0.05) is 23.7 Å². The summed E-state index contributed by atoms with van der Waals surface area (Å²) in [5, 5.41) is 11.9. The molecule has 0 spiro atoms. The van der Waals surface area contributed by atoms with E-state index in [-0.39, 0.29) is 5.91 Å². The van der Waals surface area contributed by atoms with Gasteiger partial charge in [0.15, 0.2) is 0 Å². The fraction of sp³-hybridized carbons (Fsp3) is 0. The van der Waals surface area contributed by atoms with Crippen molar-refractivity contribution in [3.8, 4) is 6.07 Å². The van der Waals surface area contributed by atoms with Crippen LogP contribution in [0, 0.1) is 11.3 Å². The van der Waals surface area contributed by atoms with Gasteiger partial charge >= 0.3 is 0 Å². The number of nitrogens with one attached hydrogen (secondary N) is 1. The molecule has 2 aromatic rings. The monoisotopic (exact) mass is 283 g/mol. The van der Waals surface area contributed by atoms with Gasteiger partial charge in [-0.15, -0.1) is 0 Å². The van der Waals surface area contributed by atoms with Crippen LogP contribution in [0.1, 0.15) is 11.1 Å². The molecule has 1 amide bonds. The third-order valence-electron chi connectivity index (χ3n) is 2.42. The van der Waals surface area contributed by atoms with E-state index in [4.69, 9.17) is 16.9 Å². The Morgan fingerprint density at radius 2 is 2.20 bits per heavy atom. The van der Waals surface area contributed by atoms with Crippen LogP contribution in [-0.2, 0) is 4.79 Å². The maximum atomic E-state index is 11.7. The van der Waals surface area contributed by atoms with Gasteiger partial charge in [-0.3, -0.25) is 4.79 Å². The van der Waals surface area contributed by atoms with E-state index in [0.717, 1.165) is 5.56 Å². The molecule has 4 nitrogen and oxygen atoms in total. The maximum Gasteiger partial charge on any atom is 0.249 e. The van der Waals surface area contributed by atoms with Crippen LogP contribution in [-0.4, -0.2) is 10.9 Å². The van der Waals surface area contributed by atoms with E-state index < -0.39 is 0 Å². The van der Waals surface area contributed by atoms with Crippen LogP contribution in [0.3, 0.4) is 0 Å². The molecule has 0 unspecified atom stereocenters. The molecule has 0 fully saturated rings. The van der Waals surface area contributed by atoms with E-state index in [2.05, 4.69) is 10.3 Å². The second-order valence-electron chi connectivity index (χ2n) is 3.92. The smallest absolute Gasteiger partial charge is 0.249 e. The van der Waals surface area contributed by atoms with Gasteiger partial charge in [0.05, 0.1) is 16.7 Å². The Labute approximate surface area is 121 Å². The minimum absolute atomic E-state index is 0.304. The number of rotatable bonds is 3. The first-order valence-corrected chi connectivity index (χ1v) is 6.16. The van der Waals surface area contributed by atoms with Crippen molar-refractivity contribution in [3.05, 3.63) is 64.8 Å². The third kappa shape index (κ3) is 3.94. The number of anilines is 1. The number of nitrogens with zero attached hydrogens (tertiary/aromatic N) is 2. The van der Waals surface area contributed by atoms with Crippen molar-refractivity contribution in [2.75, 3.05) is 5.32 Å². The van der Waals surface area contributed by atoms with Crippen LogP contribution in [0.15, 0.2) is 48.7 Å². The van der Waals surface area contributed by atoms with Crippen molar-refractivity contribution >= 4 is 29.4 Å². The second-order valence-corrected chi connectivity index (χ2v) is 4.36. The molecule has 1 heterocycles. The van der Waals surface area contributed by atoms with Crippen LogP contribution in [0.2, 0.25) is 5.02 Å². The second kappa shape index (κ2) is 6.50. The highest BCUT2D eigenvalue weighted by atomic mass is 35.5. The van der Waals surface area contributed by atoms with E-state index in [1.54, 1.807) is 36.4 Å². The van der Waals surface area contributed by atoms with Crippen LogP contribution in [0.25, 0.3) is 6.08 Å². The quantitative estimate of drug-likeness (QED) is 0.879. The number of nitriles is 1. The third-order valence-corrected chi connectivity index (χ3v) is 2.65. The van der Waals surface area contributed by atoms with Crippen molar-refractivity contribution in [3.63, 3.8) is 0 Å². The summed E-state index contributed by atoms with van der Waals surface area (Å²) in [6, 6.07) is 12.3. The first-order valence-electron chi connectivity index (χ1n) is 5.78. The van der Waals surface area contributed by atoms with Gasteiger partial charge in [0, 0.05) is 12.3 Å². The Morgan fingerprint density at radius 3 is 2.90 bits per heavy atom. The molecule has 0 aliphatic rings. The number of hydrogen-bond acceptors (Lipinski definition) is 3. The number of benzene rings is 1. The van der Waals surface area contributed by atoms with Gasteiger partial charge in [0.2, 0.25) is 5.91 Å². The minimum Gasteiger partial charge on any atom is -0.307 e. The molecule has 0 radical (unpaired) electrons. The van der Waals surface area contributed by atoms with Crippen molar-refractivity contribution in [1.29, 1.82) is 5.26 Å². The van der Waals surface area contributed by atoms with Gasteiger partial charge in [-0.2, -0.15) is 5.26 Å². The van der Waals surface area contributed by atoms with Gasteiger partial charge in [0.1, 0.15) is 5.82 Å². The molecule has 0 saturated carbocycles. The molecule has 2 rings (SSSR count). The average molecular weight is 284 g/mol. The zero-order chi connectivity index (χ0) is 14.4. The predicted octanol–water partition coefficient (Wildman–Crippen LogP) is 3.26. The van der Waals surface area contributed by atoms with Gasteiger partial charge < -0.3 is 5.32 Å². The fourth-order valence-corrected chi connectivity index (χ4v) is 1.61. The Balaban J connectivity index is 2.02. The first-order chi connectivity index (χ1) is 9.67. The Bertz CT molecular complexity index is 687. The molecule has 5 heteroatoms. The molecule has 0 bridgehead atoms. The minimum atomic E-state index is -0.304. The number of aromatic nitrogens is 1. The predicted molar refractivity (Wildman–Crippen MR) is 78.1 cm³/mol. The lowest BCUT2D eigenvalue weighted by atomic mass is 10.1. The van der Waals surface area contributed by atoms with Gasteiger partial charge in [-0.05, 0) is 35.9 Å². The average Bonchev–Trinajstić information content (AvgIpc) is 2.48. The number of carbonyl (C=O) groups excluding carboxylic acids is 1. The van der Waals surface area contributed by atoms with Crippen LogP contribution >= 0.6 is 11.6 Å². The number of halogens is 1. The normalized spacial score (nSPS) is 10.2. The SMILES string of the molecule is N#Cc1cccc(C=CC(=O)Nc2ccc(Cl)cn2)c1. The van der Waals surface area contributed by atoms with E-state index in [9.17, 15) is 4.79 Å². The Morgan fingerprint density at radius 1 is 1.35 bits per heavy atom. The summed E-state index contributed by atoms with van der Waals surface area (Å²) in [4.78, 5) is 15.6. The summed E-state index contributed by atoms with van der Waals surface area (Å²) < 4.78 is 0. The van der Waals surface area contributed by atoms with Crippen LogP contribution in [0.4, 0.5) is 5.82 Å². The molecule has 20 heavy (non-hydrogen) atoms. The maximum absolute atomic E-state index is 11.7. The van der Waals surface area contributed by atoms with E-state index in [0.29, 0.717) is 16.4 Å². The summed E-state index contributed by atoms with van der Waals surface area (Å²) >= 11 is 5.70. The summed E-state index contributed by atoms with van der Waals surface area (Å²) in [7, 11) is 0. The molecule has 1 aromatic carbocycles. The van der Waals surface area contributed by atoms with Crippen molar-refractivity contribution in [2.45, 2.75) is 0 Å². The molecule has 1 N–H and O–H groups in total. The van der Waals surface area contributed by atoms with Gasteiger partial charge in [0.25, 0.3) is 0 Å². The van der Waals surface area contributed by atoms with Crippen LogP contribution in [0.5, 0.6) is 0 Å². The van der Waals surface area contributed by atoms with Crippen molar-refractivity contribution in [2.24, 2.45) is 0 Å². The zero-order valence-corrected chi connectivity index (χ0v) is 11.1. The Hall–Kier alpha value is -2.64. The zero-order valence-electron chi connectivity index (χ0n) is 10.4. The highest BCUT2D eigenvalue weighted by molar-refractivity contribution is 6.30. The first kappa shape index (κ1) is 13.8. The van der Waals surface area contributed by atoms with Crippen molar-refractivity contribution in [1.82, 2.24) is 4.98 Å². The van der Waals surface area contributed by atoms with Crippen molar-refractivity contribution < 1.29 is 4.79 Å². The number of amides is 1. The van der Waals surface area contributed by atoms with E-state index in [1.807, 2.05) is 12.1 Å². The fourth-order valence-electron chi connectivity index (χ4n) is 1.50. The summed E-state index contributed by atoms with van der Waals surface area (Å²) in [5.74, 6) is 0.122. The largest absolute Gasteiger partial charge is 0.307 e. The highest BCUT2D eigenvalue weighted by Gasteiger charge is 1.99. The standard InChI is InChI=1S/C15H10ClN3O/c16-13-5-6-14(18-10-13)19-15(20)7-4-11-2-1-3-12(8-11)9-17/h1-8,10H,(H,18,19,20). The molecule has 0 aliphatic carbocycles. The lowest BCUT2D eigenvalue weighted by molar-refractivity contribution is -0.111. The number of carbonyl (C=O) groups is 1. The topological polar surface area (TPSA) is 65.8 Å². The molecule has 0 aliphatic heterocycles. The summed E-state index contributed by atoms with van der Waals surface area (Å²) in [5.41, 5.74) is 1.33. The summed E-state index contributed by atoms with van der Waals surface area (Å²) in [6.45, 7) is 0. The van der Waals surface area contributed by atoms with Crippen LogP contribution < -0.4 is 5.32 Å². The number of hydrogen-bond donors (Lipinski definition) is 1. The molecule has 98 valence electrons. The van der Waals surface area contributed by atoms with E-state index >= 15 is 0 Å². The molecular weight excluding hydrogens is 274 g/mol. The molecule has 1 aromatic heterocycles.